The van der Waals surface area contributed by atoms with Crippen molar-refractivity contribution in [2.75, 3.05) is 19.8 Å². The number of aliphatic imine (C=N–C) groups is 2. The SMILES string of the molecule is Cc1cc(C)c(N=C(c2cc(C(F)(F)F)cc(C(F)(F)F)c2)N2CCCN(C(=Nc3c(C(C)C)cccc3C(C)C)c3c(C(C)C)cccc3C(C)C)C2)c(C(F)(F)F)c1. The molecule has 1 heterocycles. The first-order chi connectivity index (χ1) is 27.8. The zero-order chi connectivity index (χ0) is 44.6. The number of halogens is 9. The minimum Gasteiger partial charge on any atom is -0.338 e. The predicted molar refractivity (Wildman–Crippen MR) is 222 cm³/mol. The molecular formula is C47H53F9N4. The molecule has 0 aromatic heterocycles. The van der Waals surface area contributed by atoms with Crippen LogP contribution in [0.3, 0.4) is 0 Å². The molecule has 0 aliphatic carbocycles. The summed E-state index contributed by atoms with van der Waals surface area (Å²) in [5, 5.41) is 0. The van der Waals surface area contributed by atoms with E-state index in [0.29, 0.717) is 30.9 Å². The molecule has 0 saturated carbocycles. The number of aryl methyl sites for hydroxylation is 2. The molecule has 0 N–H and O–H groups in total. The van der Waals surface area contributed by atoms with Gasteiger partial charge >= 0.3 is 18.5 Å². The molecule has 0 atom stereocenters. The van der Waals surface area contributed by atoms with Crippen molar-refractivity contribution in [2.45, 2.75) is 118 Å². The van der Waals surface area contributed by atoms with E-state index in [1.54, 1.807) is 0 Å². The standard InChI is InChI=1S/C47H53F9N4/c1-26(2)35-14-11-15-36(27(3)4)40(35)44(58-42-37(28(5)6)16-12-17-38(42)29(7)8)60-19-13-18-59(25-60)43(57-41-31(10)20-30(9)21-39(41)47(54,55)56)32-22-33(45(48,49)50)24-34(23-32)46(51,52)53/h11-12,14-17,20-24,26-29H,13,18-19,25H2,1-10H3. The number of hydrogen-bond acceptors (Lipinski definition) is 2. The molecule has 4 aromatic rings. The summed E-state index contributed by atoms with van der Waals surface area (Å²) in [7, 11) is 0. The van der Waals surface area contributed by atoms with Crippen molar-refractivity contribution in [1.29, 1.82) is 0 Å². The highest BCUT2D eigenvalue weighted by Crippen LogP contribution is 2.42. The summed E-state index contributed by atoms with van der Waals surface area (Å²) in [6, 6.07) is 15.4. The monoisotopic (exact) mass is 844 g/mol. The number of para-hydroxylation sites is 1. The molecule has 0 amide bonds. The maximum absolute atomic E-state index is 14.7. The van der Waals surface area contributed by atoms with Crippen molar-refractivity contribution >= 4 is 23.0 Å². The minimum atomic E-state index is -5.21. The molecule has 13 heteroatoms. The van der Waals surface area contributed by atoms with Crippen molar-refractivity contribution in [3.63, 3.8) is 0 Å². The van der Waals surface area contributed by atoms with Gasteiger partial charge in [-0.2, -0.15) is 39.5 Å². The zero-order valence-corrected chi connectivity index (χ0v) is 35.7. The molecule has 4 aromatic carbocycles. The number of nitrogens with zero attached hydrogens (tertiary/aromatic N) is 4. The second kappa shape index (κ2) is 17.7. The minimum absolute atomic E-state index is 0.00142. The Balaban J connectivity index is 1.87. The third-order valence-electron chi connectivity index (χ3n) is 10.8. The van der Waals surface area contributed by atoms with Gasteiger partial charge in [0, 0.05) is 24.2 Å². The summed E-state index contributed by atoms with van der Waals surface area (Å²) in [5.74, 6) is 0.249. The van der Waals surface area contributed by atoms with Gasteiger partial charge in [-0.3, -0.25) is 0 Å². The van der Waals surface area contributed by atoms with Crippen LogP contribution in [0.2, 0.25) is 0 Å². The van der Waals surface area contributed by atoms with Gasteiger partial charge in [0.15, 0.2) is 0 Å². The van der Waals surface area contributed by atoms with E-state index >= 15 is 0 Å². The summed E-state index contributed by atoms with van der Waals surface area (Å²) in [5.41, 5.74) is 0.278. The molecule has 1 aliphatic rings. The molecule has 0 unspecified atom stereocenters. The van der Waals surface area contributed by atoms with Gasteiger partial charge < -0.3 is 9.80 Å². The first kappa shape index (κ1) is 46.3. The molecule has 1 fully saturated rings. The third-order valence-corrected chi connectivity index (χ3v) is 10.8. The van der Waals surface area contributed by atoms with Gasteiger partial charge in [-0.05, 0) is 96.0 Å². The van der Waals surface area contributed by atoms with Crippen molar-refractivity contribution in [3.8, 4) is 0 Å². The lowest BCUT2D eigenvalue weighted by Gasteiger charge is -2.40. The van der Waals surface area contributed by atoms with Crippen molar-refractivity contribution in [2.24, 2.45) is 9.98 Å². The number of amidine groups is 2. The fourth-order valence-corrected chi connectivity index (χ4v) is 7.82. The number of alkyl halides is 9. The molecule has 4 nitrogen and oxygen atoms in total. The molecule has 1 saturated heterocycles. The van der Waals surface area contributed by atoms with Crippen molar-refractivity contribution < 1.29 is 39.5 Å². The van der Waals surface area contributed by atoms with Crippen LogP contribution in [-0.2, 0) is 18.5 Å². The number of rotatable bonds is 8. The van der Waals surface area contributed by atoms with Crippen LogP contribution >= 0.6 is 0 Å². The molecule has 0 bridgehead atoms. The van der Waals surface area contributed by atoms with Crippen LogP contribution < -0.4 is 0 Å². The van der Waals surface area contributed by atoms with Gasteiger partial charge in [0.05, 0.1) is 34.7 Å². The largest absolute Gasteiger partial charge is 0.418 e. The molecule has 1 aliphatic heterocycles. The van der Waals surface area contributed by atoms with Gasteiger partial charge in [0.1, 0.15) is 11.7 Å². The summed E-state index contributed by atoms with van der Waals surface area (Å²) >= 11 is 0. The van der Waals surface area contributed by atoms with Crippen LogP contribution in [-0.4, -0.2) is 41.2 Å². The van der Waals surface area contributed by atoms with Crippen LogP contribution in [0.15, 0.2) is 76.7 Å². The number of benzene rings is 4. The lowest BCUT2D eigenvalue weighted by molar-refractivity contribution is -0.143. The Morgan fingerprint density at radius 2 is 0.967 bits per heavy atom. The maximum atomic E-state index is 14.7. The summed E-state index contributed by atoms with van der Waals surface area (Å²) < 4.78 is 130. The van der Waals surface area contributed by atoms with Crippen LogP contribution in [0, 0.1) is 13.8 Å². The first-order valence-electron chi connectivity index (χ1n) is 20.2. The lowest BCUT2D eigenvalue weighted by atomic mass is 9.87. The van der Waals surface area contributed by atoms with Gasteiger partial charge in [-0.15, -0.1) is 0 Å². The average Bonchev–Trinajstić information content (AvgIpc) is 3.14. The van der Waals surface area contributed by atoms with E-state index in [1.165, 1.54) is 24.8 Å². The van der Waals surface area contributed by atoms with E-state index in [1.807, 2.05) is 41.3 Å². The van der Waals surface area contributed by atoms with Crippen LogP contribution in [0.25, 0.3) is 0 Å². The second-order valence-corrected chi connectivity index (χ2v) is 16.9. The fourth-order valence-electron chi connectivity index (χ4n) is 7.82. The Morgan fingerprint density at radius 1 is 0.533 bits per heavy atom. The molecule has 0 radical (unpaired) electrons. The lowest BCUT2D eigenvalue weighted by Crippen LogP contribution is -2.50. The van der Waals surface area contributed by atoms with Crippen LogP contribution in [0.4, 0.5) is 50.9 Å². The molecule has 324 valence electrons. The maximum Gasteiger partial charge on any atom is 0.418 e. The smallest absolute Gasteiger partial charge is 0.338 e. The summed E-state index contributed by atoms with van der Waals surface area (Å²) in [4.78, 5) is 13.4. The topological polar surface area (TPSA) is 31.2 Å². The van der Waals surface area contributed by atoms with Crippen molar-refractivity contribution in [3.05, 3.63) is 128 Å². The molecule has 0 spiro atoms. The van der Waals surface area contributed by atoms with E-state index in [0.717, 1.165) is 39.6 Å². The second-order valence-electron chi connectivity index (χ2n) is 16.9. The van der Waals surface area contributed by atoms with Crippen LogP contribution in [0.5, 0.6) is 0 Å². The molecular weight excluding hydrogens is 792 g/mol. The summed E-state index contributed by atoms with van der Waals surface area (Å²) in [6.45, 7) is 19.6. The van der Waals surface area contributed by atoms with Gasteiger partial charge in [0.2, 0.25) is 0 Å². The highest BCUT2D eigenvalue weighted by molar-refractivity contribution is 6.05. The van der Waals surface area contributed by atoms with E-state index < -0.39 is 52.3 Å². The van der Waals surface area contributed by atoms with Gasteiger partial charge in [0.25, 0.3) is 0 Å². The summed E-state index contributed by atoms with van der Waals surface area (Å²) in [6.07, 6.45) is -15.0. The molecule has 60 heavy (non-hydrogen) atoms. The average molecular weight is 845 g/mol. The van der Waals surface area contributed by atoms with E-state index in [4.69, 9.17) is 4.99 Å². The Hall–Kier alpha value is -4.81. The number of hydrogen-bond donors (Lipinski definition) is 0. The Morgan fingerprint density at radius 3 is 1.40 bits per heavy atom. The third kappa shape index (κ3) is 10.2. The van der Waals surface area contributed by atoms with Crippen molar-refractivity contribution in [1.82, 2.24) is 9.80 Å². The fraction of sp³-hybridized carbons (Fsp3) is 0.447. The highest BCUT2D eigenvalue weighted by Gasteiger charge is 2.39. The predicted octanol–water partition coefficient (Wildman–Crippen LogP) is 14.7. The van der Waals surface area contributed by atoms with Crippen LogP contribution in [0.1, 0.15) is 147 Å². The molecule has 5 rings (SSSR count). The highest BCUT2D eigenvalue weighted by atomic mass is 19.4. The first-order valence-corrected chi connectivity index (χ1v) is 20.2. The quantitative estimate of drug-likeness (QED) is 0.101. The Kier molecular flexibility index (Phi) is 13.6. The van der Waals surface area contributed by atoms with E-state index in [-0.39, 0.29) is 54.1 Å². The van der Waals surface area contributed by atoms with Gasteiger partial charge in [-0.1, -0.05) is 103 Å². The zero-order valence-electron chi connectivity index (χ0n) is 35.7. The van der Waals surface area contributed by atoms with E-state index in [9.17, 15) is 39.5 Å². The Bertz CT molecular complexity index is 2160. The van der Waals surface area contributed by atoms with Gasteiger partial charge in [-0.25, -0.2) is 9.98 Å². The Labute approximate surface area is 347 Å². The normalized spacial score (nSPS) is 15.1. The van der Waals surface area contributed by atoms with E-state index in [2.05, 4.69) is 60.4 Å².